The second-order valence-electron chi connectivity index (χ2n) is 4.71. The third kappa shape index (κ3) is 7.14. The van der Waals surface area contributed by atoms with E-state index in [1.807, 2.05) is 32.7 Å². The average molecular weight is 319 g/mol. The van der Waals surface area contributed by atoms with Gasteiger partial charge in [-0.05, 0) is 45.5 Å². The summed E-state index contributed by atoms with van der Waals surface area (Å²) < 4.78 is 10.0. The summed E-state index contributed by atoms with van der Waals surface area (Å²) in [5.41, 5.74) is 1.84. The Kier molecular flexibility index (Phi) is 13.8. The fourth-order valence-electron chi connectivity index (χ4n) is 2.14. The minimum absolute atomic E-state index is 0.0434. The van der Waals surface area contributed by atoms with Crippen LogP contribution in [0.1, 0.15) is 39.2 Å². The van der Waals surface area contributed by atoms with Crippen LogP contribution < -0.4 is 10.3 Å². The van der Waals surface area contributed by atoms with Crippen LogP contribution >= 0.6 is 12.2 Å². The maximum absolute atomic E-state index is 11.6. The van der Waals surface area contributed by atoms with Gasteiger partial charge in [0.25, 0.3) is 0 Å². The third-order valence-corrected chi connectivity index (χ3v) is 3.63. The lowest BCUT2D eigenvalue weighted by Gasteiger charge is -2.24. The molecular weight excluding hydrogens is 287 g/mol. The molecule has 1 aromatic carbocycles. The van der Waals surface area contributed by atoms with Gasteiger partial charge in [0.05, 0.1) is 17.4 Å². The number of hydrogen-bond acceptors (Lipinski definition) is 4. The van der Waals surface area contributed by atoms with Gasteiger partial charge >= 0.3 is 0 Å². The van der Waals surface area contributed by atoms with Crippen molar-refractivity contribution in [3.05, 3.63) is 20.3 Å². The average Bonchev–Trinajstić information content (AvgIpc) is 2.51. The molecule has 1 aromatic rings. The molecule has 5 heteroatoms. The molecule has 21 heavy (non-hydrogen) atoms. The van der Waals surface area contributed by atoms with Crippen LogP contribution in [-0.2, 0) is 0 Å². The van der Waals surface area contributed by atoms with Crippen LogP contribution in [0.15, 0.2) is 4.79 Å². The van der Waals surface area contributed by atoms with Crippen molar-refractivity contribution >= 4 is 17.9 Å². The zero-order valence-electron chi connectivity index (χ0n) is 14.6. The maximum Gasteiger partial charge on any atom is 0.220 e. The van der Waals surface area contributed by atoms with Crippen molar-refractivity contribution < 1.29 is 4.39 Å². The molecule has 0 aromatic heterocycles. The lowest BCUT2D eigenvalue weighted by atomic mass is 10.1. The van der Waals surface area contributed by atoms with Crippen molar-refractivity contribution in [3.63, 3.8) is 0 Å². The predicted octanol–water partition coefficient (Wildman–Crippen LogP) is 3.74. The summed E-state index contributed by atoms with van der Waals surface area (Å²) in [6, 6.07) is 0. The second kappa shape index (κ2) is 12.9. The first-order valence-corrected chi connectivity index (χ1v) is 7.97. The highest BCUT2D eigenvalue weighted by molar-refractivity contribution is 7.71. The van der Waals surface area contributed by atoms with Crippen LogP contribution in [0, 0.1) is 11.4 Å². The Labute approximate surface area is 134 Å². The Balaban J connectivity index is 0. The van der Waals surface area contributed by atoms with E-state index in [4.69, 9.17) is 12.2 Å². The van der Waals surface area contributed by atoms with E-state index in [1.54, 1.807) is 0 Å². The summed E-state index contributed by atoms with van der Waals surface area (Å²) in [5, 5.41) is 0. The summed E-state index contributed by atoms with van der Waals surface area (Å²) in [4.78, 5) is 15.9. The van der Waals surface area contributed by atoms with Gasteiger partial charge in [0, 0.05) is 13.6 Å². The lowest BCUT2D eigenvalue weighted by molar-refractivity contribution is 0.331. The van der Waals surface area contributed by atoms with E-state index in [1.165, 1.54) is 6.42 Å². The van der Waals surface area contributed by atoms with Gasteiger partial charge in [-0.1, -0.05) is 33.0 Å². The molecule has 0 saturated carbocycles. The number of hydrogen-bond donors (Lipinski definition) is 0. The molecule has 3 nitrogen and oxygen atoms in total. The van der Waals surface area contributed by atoms with Crippen molar-refractivity contribution in [2.24, 2.45) is 0 Å². The van der Waals surface area contributed by atoms with Crippen molar-refractivity contribution in [3.8, 4) is 0 Å². The van der Waals surface area contributed by atoms with Gasteiger partial charge in [0.15, 0.2) is 0 Å². The fraction of sp³-hybridized carbons (Fsp3) is 0.750. The van der Waals surface area contributed by atoms with Gasteiger partial charge < -0.3 is 9.80 Å². The Bertz CT molecular complexity index is 441. The molecule has 0 atom stereocenters. The Morgan fingerprint density at radius 2 is 1.62 bits per heavy atom. The summed E-state index contributed by atoms with van der Waals surface area (Å²) in [6.07, 6.45) is 2.26. The van der Waals surface area contributed by atoms with Gasteiger partial charge in [0.1, 0.15) is 0 Å². The Morgan fingerprint density at radius 3 is 2.05 bits per heavy atom. The van der Waals surface area contributed by atoms with E-state index in [0.717, 1.165) is 37.3 Å². The molecule has 0 fully saturated rings. The molecule has 0 aliphatic carbocycles. The van der Waals surface area contributed by atoms with Gasteiger partial charge in [-0.3, -0.25) is 9.18 Å². The van der Waals surface area contributed by atoms with Crippen LogP contribution in [0.25, 0.3) is 0 Å². The minimum Gasteiger partial charge on any atom is -0.371 e. The zero-order valence-corrected chi connectivity index (χ0v) is 15.4. The van der Waals surface area contributed by atoms with Crippen molar-refractivity contribution in [1.82, 2.24) is 4.90 Å². The lowest BCUT2D eigenvalue weighted by Crippen LogP contribution is -2.32. The molecule has 1 rings (SSSR count). The standard InChI is InChI=1S/C13H22N2OS.C2H6.CH3F/c1-5-7-14(3)8-6-9-15(4)11-10(2)13(17)12(11)16;2*1-2/h5-9H2,1-4H3;1-2H3;1H3. The first kappa shape index (κ1) is 22.5. The molecule has 0 radical (unpaired) electrons. The van der Waals surface area contributed by atoms with Gasteiger partial charge in [-0.2, -0.15) is 0 Å². The van der Waals surface area contributed by atoms with E-state index < -0.39 is 0 Å². The molecule has 0 aliphatic heterocycles. The SMILES string of the molecule is CC.CCCN(C)CCCN(C)c1c(C)c(=S)c1=O.CF. The van der Waals surface area contributed by atoms with Crippen molar-refractivity contribution in [1.29, 1.82) is 0 Å². The monoisotopic (exact) mass is 318 g/mol. The zero-order chi connectivity index (χ0) is 17.0. The highest BCUT2D eigenvalue weighted by Crippen LogP contribution is 2.18. The molecule has 0 N–H and O–H groups in total. The first-order chi connectivity index (χ1) is 9.99. The highest BCUT2D eigenvalue weighted by Gasteiger charge is 2.16. The number of halogens is 1. The fourth-order valence-corrected chi connectivity index (χ4v) is 2.33. The van der Waals surface area contributed by atoms with Gasteiger partial charge in [-0.15, -0.1) is 0 Å². The summed E-state index contributed by atoms with van der Waals surface area (Å²) in [5.74, 6) is 0. The molecule has 0 heterocycles. The summed E-state index contributed by atoms with van der Waals surface area (Å²) in [7, 11) is 4.61. The molecular formula is C16H31FN2OS. The quantitative estimate of drug-likeness (QED) is 0.715. The summed E-state index contributed by atoms with van der Waals surface area (Å²) >= 11 is 4.97. The molecule has 0 amide bonds. The van der Waals surface area contributed by atoms with Crippen LogP contribution in [0.3, 0.4) is 0 Å². The van der Waals surface area contributed by atoms with Crippen LogP contribution in [0.5, 0.6) is 0 Å². The summed E-state index contributed by atoms with van der Waals surface area (Å²) in [6.45, 7) is 11.2. The minimum atomic E-state index is 0.0434. The van der Waals surface area contributed by atoms with E-state index in [9.17, 15) is 9.18 Å². The molecule has 0 spiro atoms. The van der Waals surface area contributed by atoms with Crippen molar-refractivity contribution in [2.45, 2.75) is 40.5 Å². The largest absolute Gasteiger partial charge is 0.371 e. The number of nitrogens with zero attached hydrogens (tertiary/aromatic N) is 2. The normalized spacial score (nSPS) is 9.76. The van der Waals surface area contributed by atoms with E-state index >= 15 is 0 Å². The van der Waals surface area contributed by atoms with Gasteiger partial charge in [0.2, 0.25) is 5.43 Å². The van der Waals surface area contributed by atoms with Gasteiger partial charge in [-0.25, -0.2) is 0 Å². The maximum atomic E-state index is 11.6. The molecule has 124 valence electrons. The van der Waals surface area contributed by atoms with E-state index in [0.29, 0.717) is 11.7 Å². The second-order valence-corrected chi connectivity index (χ2v) is 5.12. The van der Waals surface area contributed by atoms with Crippen molar-refractivity contribution in [2.75, 3.05) is 45.8 Å². The highest BCUT2D eigenvalue weighted by atomic mass is 32.1. The first-order valence-electron chi connectivity index (χ1n) is 7.56. The molecule has 0 unspecified atom stereocenters. The Hall–Kier alpha value is -0.810. The Morgan fingerprint density at radius 1 is 1.10 bits per heavy atom. The van der Waals surface area contributed by atoms with E-state index in [-0.39, 0.29) is 5.43 Å². The molecule has 0 bridgehead atoms. The van der Waals surface area contributed by atoms with Crippen LogP contribution in [0.2, 0.25) is 0 Å². The van der Waals surface area contributed by atoms with E-state index in [2.05, 4.69) is 18.9 Å². The number of rotatable bonds is 7. The number of alkyl halides is 1. The third-order valence-electron chi connectivity index (χ3n) is 3.14. The van der Waals surface area contributed by atoms with Crippen LogP contribution in [0.4, 0.5) is 10.1 Å². The smallest absolute Gasteiger partial charge is 0.220 e. The predicted molar refractivity (Wildman–Crippen MR) is 94.7 cm³/mol. The number of anilines is 1. The topological polar surface area (TPSA) is 23.6 Å². The molecule has 0 saturated heterocycles. The van der Waals surface area contributed by atoms with Crippen LogP contribution in [-0.4, -0.2) is 45.8 Å². The molecule has 0 aliphatic rings.